The van der Waals surface area contributed by atoms with Gasteiger partial charge in [0.1, 0.15) is 12.2 Å². The van der Waals surface area contributed by atoms with Gasteiger partial charge in [-0.25, -0.2) is 9.59 Å². The van der Waals surface area contributed by atoms with Gasteiger partial charge in [-0.1, -0.05) is 54.6 Å². The molecule has 0 saturated heterocycles. The molecule has 174 valence electrons. The second kappa shape index (κ2) is 10.0. The van der Waals surface area contributed by atoms with Crippen molar-refractivity contribution in [2.24, 2.45) is 7.05 Å². The van der Waals surface area contributed by atoms with Gasteiger partial charge in [-0.05, 0) is 22.3 Å². The molecular weight excluding hydrogens is 436 g/mol. The first-order chi connectivity index (χ1) is 16.5. The monoisotopic (exact) mass is 460 g/mol. The molecule has 1 aliphatic rings. The smallest absolute Gasteiger partial charge is 0.407 e. The zero-order valence-corrected chi connectivity index (χ0v) is 18.5. The first-order valence-corrected chi connectivity index (χ1v) is 10.7. The maximum absolute atomic E-state index is 12.2. The molecule has 2 aromatic carbocycles. The normalized spacial score (nSPS) is 12.3. The van der Waals surface area contributed by atoms with Crippen molar-refractivity contribution in [1.82, 2.24) is 20.4 Å². The summed E-state index contributed by atoms with van der Waals surface area (Å²) in [5.74, 6) is -1.56. The molecule has 9 nitrogen and oxygen atoms in total. The van der Waals surface area contributed by atoms with Crippen LogP contribution in [0, 0.1) is 0 Å². The maximum Gasteiger partial charge on any atom is 0.407 e. The third-order valence-electron chi connectivity index (χ3n) is 5.70. The Morgan fingerprint density at radius 2 is 1.71 bits per heavy atom. The summed E-state index contributed by atoms with van der Waals surface area (Å²) in [5.41, 5.74) is 4.99. The minimum Gasteiger partial charge on any atom is -0.478 e. The van der Waals surface area contributed by atoms with E-state index in [9.17, 15) is 14.4 Å². The van der Waals surface area contributed by atoms with Gasteiger partial charge < -0.3 is 20.5 Å². The van der Waals surface area contributed by atoms with E-state index in [1.165, 1.54) is 23.0 Å². The molecular formula is C25H24N4O5. The number of aromatic carboxylic acids is 1. The summed E-state index contributed by atoms with van der Waals surface area (Å²) in [6.07, 6.45) is 3.41. The first kappa shape index (κ1) is 22.8. The Hall–Kier alpha value is -4.40. The van der Waals surface area contributed by atoms with Crippen molar-refractivity contribution in [3.63, 3.8) is 0 Å². The molecule has 0 aliphatic heterocycles. The number of ether oxygens (including phenoxy) is 1. The average Bonchev–Trinajstić information content (AvgIpc) is 3.37. The fourth-order valence-corrected chi connectivity index (χ4v) is 4.04. The van der Waals surface area contributed by atoms with Crippen LogP contribution in [0.15, 0.2) is 66.9 Å². The third kappa shape index (κ3) is 4.83. The second-order valence-corrected chi connectivity index (χ2v) is 7.76. The number of nitrogens with zero attached hydrogens (tertiary/aromatic N) is 2. The van der Waals surface area contributed by atoms with E-state index in [1.54, 1.807) is 7.05 Å². The number of carbonyl (C=O) groups is 3. The first-order valence-electron chi connectivity index (χ1n) is 10.7. The highest BCUT2D eigenvalue weighted by Gasteiger charge is 2.28. The number of carboxylic acids is 1. The van der Waals surface area contributed by atoms with Crippen molar-refractivity contribution in [2.45, 2.75) is 12.5 Å². The second-order valence-electron chi connectivity index (χ2n) is 7.76. The van der Waals surface area contributed by atoms with Gasteiger partial charge in [-0.2, -0.15) is 5.10 Å². The van der Waals surface area contributed by atoms with Crippen molar-refractivity contribution in [1.29, 1.82) is 0 Å². The molecule has 0 spiro atoms. The maximum atomic E-state index is 12.2. The van der Waals surface area contributed by atoms with Crippen molar-refractivity contribution in [3.8, 4) is 11.1 Å². The fraction of sp³-hybridized carbons (Fsp3) is 0.200. The molecule has 1 aromatic heterocycles. The Morgan fingerprint density at radius 1 is 1.06 bits per heavy atom. The number of fused-ring (bicyclic) bond motifs is 3. The summed E-state index contributed by atoms with van der Waals surface area (Å²) in [6.45, 7) is 0.331. The summed E-state index contributed by atoms with van der Waals surface area (Å²) < 4.78 is 6.84. The van der Waals surface area contributed by atoms with Gasteiger partial charge in [0.15, 0.2) is 0 Å². The summed E-state index contributed by atoms with van der Waals surface area (Å²) >= 11 is 0. The van der Waals surface area contributed by atoms with Crippen LogP contribution in [0.25, 0.3) is 11.1 Å². The van der Waals surface area contributed by atoms with Crippen LogP contribution in [0.5, 0.6) is 0 Å². The molecule has 0 radical (unpaired) electrons. The minimum absolute atomic E-state index is 0.0150. The molecule has 3 N–H and O–H groups in total. The number of carboxylic acid groups (broad SMARTS) is 1. The SMILES string of the molecule is Cn1ncc(C(=O)O)c1CNC(=O)/C=C/CNC(=O)OCC1c2ccccc2-c2ccccc21. The quantitative estimate of drug-likeness (QED) is 0.444. The Morgan fingerprint density at radius 3 is 2.35 bits per heavy atom. The van der Waals surface area contributed by atoms with E-state index < -0.39 is 18.0 Å². The van der Waals surface area contributed by atoms with E-state index in [1.807, 2.05) is 36.4 Å². The van der Waals surface area contributed by atoms with E-state index >= 15 is 0 Å². The number of hydrogen-bond donors (Lipinski definition) is 3. The van der Waals surface area contributed by atoms with Gasteiger partial charge in [-0.3, -0.25) is 9.48 Å². The van der Waals surface area contributed by atoms with E-state index in [-0.39, 0.29) is 31.2 Å². The largest absolute Gasteiger partial charge is 0.478 e. The average molecular weight is 460 g/mol. The lowest BCUT2D eigenvalue weighted by Crippen LogP contribution is -2.27. The number of rotatable bonds is 8. The molecule has 1 heterocycles. The van der Waals surface area contributed by atoms with Gasteiger partial charge in [-0.15, -0.1) is 0 Å². The van der Waals surface area contributed by atoms with Crippen LogP contribution in [-0.4, -0.2) is 46.0 Å². The highest BCUT2D eigenvalue weighted by Crippen LogP contribution is 2.44. The molecule has 0 atom stereocenters. The lowest BCUT2D eigenvalue weighted by molar-refractivity contribution is -0.116. The van der Waals surface area contributed by atoms with Gasteiger partial charge in [0.2, 0.25) is 5.91 Å². The number of alkyl carbamates (subject to hydrolysis) is 1. The number of nitrogens with one attached hydrogen (secondary N) is 2. The number of benzene rings is 2. The predicted molar refractivity (Wildman–Crippen MR) is 124 cm³/mol. The van der Waals surface area contributed by atoms with E-state index in [2.05, 4.69) is 27.9 Å². The molecule has 0 saturated carbocycles. The molecule has 9 heteroatoms. The molecule has 3 aromatic rings. The third-order valence-corrected chi connectivity index (χ3v) is 5.70. The Bertz CT molecular complexity index is 1220. The number of amides is 2. The topological polar surface area (TPSA) is 123 Å². The summed E-state index contributed by atoms with van der Waals surface area (Å²) in [5, 5.41) is 18.2. The van der Waals surface area contributed by atoms with Crippen molar-refractivity contribution in [2.75, 3.05) is 13.2 Å². The van der Waals surface area contributed by atoms with Crippen LogP contribution >= 0.6 is 0 Å². The van der Waals surface area contributed by atoms with Gasteiger partial charge >= 0.3 is 12.1 Å². The van der Waals surface area contributed by atoms with Crippen LogP contribution in [0.1, 0.15) is 33.1 Å². The number of carbonyl (C=O) groups excluding carboxylic acids is 2. The lowest BCUT2D eigenvalue weighted by atomic mass is 9.98. The number of aromatic nitrogens is 2. The van der Waals surface area contributed by atoms with E-state index in [0.29, 0.717) is 5.69 Å². The summed E-state index contributed by atoms with van der Waals surface area (Å²) in [7, 11) is 1.60. The zero-order chi connectivity index (χ0) is 24.1. The minimum atomic E-state index is -1.11. The Balaban J connectivity index is 1.23. The van der Waals surface area contributed by atoms with Crippen LogP contribution in [-0.2, 0) is 23.1 Å². The summed E-state index contributed by atoms with van der Waals surface area (Å²) in [4.78, 5) is 35.3. The molecule has 34 heavy (non-hydrogen) atoms. The van der Waals surface area contributed by atoms with Crippen molar-refractivity contribution >= 4 is 18.0 Å². The van der Waals surface area contributed by atoms with Crippen LogP contribution < -0.4 is 10.6 Å². The van der Waals surface area contributed by atoms with E-state index in [0.717, 1.165) is 22.3 Å². The van der Waals surface area contributed by atoms with Crippen molar-refractivity contribution < 1.29 is 24.2 Å². The number of hydrogen-bond acceptors (Lipinski definition) is 5. The van der Waals surface area contributed by atoms with Crippen LogP contribution in [0.3, 0.4) is 0 Å². The van der Waals surface area contributed by atoms with Crippen molar-refractivity contribution in [3.05, 3.63) is 89.3 Å². The highest BCUT2D eigenvalue weighted by atomic mass is 16.5. The standard InChI is InChI=1S/C25H24N4O5/c1-29-22(20(13-28-29)24(31)32)14-27-23(30)11-6-12-26-25(33)34-15-21-18-9-4-2-7-16(18)17-8-3-5-10-19(17)21/h2-11,13,21H,12,14-15H2,1H3,(H,26,33)(H,27,30)(H,31,32)/b11-6+. The predicted octanol–water partition coefficient (Wildman–Crippen LogP) is 2.83. The zero-order valence-electron chi connectivity index (χ0n) is 18.5. The lowest BCUT2D eigenvalue weighted by Gasteiger charge is -2.14. The summed E-state index contributed by atoms with van der Waals surface area (Å²) in [6, 6.07) is 16.2. The Kier molecular flexibility index (Phi) is 6.72. The number of aryl methyl sites for hydroxylation is 1. The Labute approximate surface area is 196 Å². The van der Waals surface area contributed by atoms with Gasteiger partial charge in [0.05, 0.1) is 18.4 Å². The molecule has 4 rings (SSSR count). The van der Waals surface area contributed by atoms with Crippen LogP contribution in [0.4, 0.5) is 4.79 Å². The molecule has 2 amide bonds. The molecule has 1 aliphatic carbocycles. The fourth-order valence-electron chi connectivity index (χ4n) is 4.04. The molecule has 0 fully saturated rings. The van der Waals surface area contributed by atoms with E-state index in [4.69, 9.17) is 9.84 Å². The molecule has 0 bridgehead atoms. The van der Waals surface area contributed by atoms with Gasteiger partial charge in [0.25, 0.3) is 0 Å². The van der Waals surface area contributed by atoms with Crippen LogP contribution in [0.2, 0.25) is 0 Å². The molecule has 0 unspecified atom stereocenters. The van der Waals surface area contributed by atoms with Gasteiger partial charge in [0, 0.05) is 25.6 Å². The highest BCUT2D eigenvalue weighted by molar-refractivity contribution is 5.90.